The molecule has 0 aliphatic heterocycles. The molecule has 0 saturated heterocycles. The summed E-state index contributed by atoms with van der Waals surface area (Å²) in [5, 5.41) is 20.1. The third-order valence-corrected chi connectivity index (χ3v) is 4.67. The van der Waals surface area contributed by atoms with Gasteiger partial charge in [0.05, 0.1) is 12.2 Å². The quantitative estimate of drug-likeness (QED) is 0.443. The van der Waals surface area contributed by atoms with Crippen LogP contribution in [-0.4, -0.2) is 28.2 Å². The van der Waals surface area contributed by atoms with Crippen LogP contribution in [0.2, 0.25) is 0 Å². The molecule has 132 valence electrons. The van der Waals surface area contributed by atoms with Gasteiger partial charge in [0.15, 0.2) is 0 Å². The SMILES string of the molecule is CCCC/C=C\C[C@H]1C(=O)C[C@@H](O)C1/C=C/[C@@H](O)CCCCC. The van der Waals surface area contributed by atoms with Gasteiger partial charge in [-0.2, -0.15) is 0 Å². The molecule has 1 fully saturated rings. The number of ketones is 1. The zero-order valence-corrected chi connectivity index (χ0v) is 14.8. The van der Waals surface area contributed by atoms with Gasteiger partial charge in [-0.3, -0.25) is 4.79 Å². The van der Waals surface area contributed by atoms with Gasteiger partial charge in [0, 0.05) is 18.3 Å². The van der Waals surface area contributed by atoms with Crippen LogP contribution in [0.25, 0.3) is 0 Å². The molecule has 3 heteroatoms. The van der Waals surface area contributed by atoms with Crippen molar-refractivity contribution in [3.05, 3.63) is 24.3 Å². The van der Waals surface area contributed by atoms with E-state index in [1.807, 2.05) is 6.08 Å². The predicted molar refractivity (Wildman–Crippen MR) is 95.2 cm³/mol. The van der Waals surface area contributed by atoms with E-state index < -0.39 is 12.2 Å². The Morgan fingerprint density at radius 1 is 1.17 bits per heavy atom. The van der Waals surface area contributed by atoms with Crippen molar-refractivity contribution in [3.8, 4) is 0 Å². The van der Waals surface area contributed by atoms with Crippen molar-refractivity contribution in [2.24, 2.45) is 11.8 Å². The van der Waals surface area contributed by atoms with Crippen molar-refractivity contribution in [3.63, 3.8) is 0 Å². The molecule has 0 radical (unpaired) electrons. The van der Waals surface area contributed by atoms with Crippen molar-refractivity contribution in [1.29, 1.82) is 0 Å². The molecule has 23 heavy (non-hydrogen) atoms. The van der Waals surface area contributed by atoms with E-state index in [1.54, 1.807) is 6.08 Å². The lowest BCUT2D eigenvalue weighted by molar-refractivity contribution is -0.121. The van der Waals surface area contributed by atoms with Crippen LogP contribution in [0.1, 0.15) is 71.6 Å². The number of rotatable bonds is 11. The number of Topliss-reactive ketones (excluding diaryl/α,β-unsaturated/α-hetero) is 1. The van der Waals surface area contributed by atoms with Crippen LogP contribution in [0.15, 0.2) is 24.3 Å². The summed E-state index contributed by atoms with van der Waals surface area (Å²) in [7, 11) is 0. The molecule has 0 amide bonds. The molecule has 1 saturated carbocycles. The Balaban J connectivity index is 2.51. The highest BCUT2D eigenvalue weighted by Gasteiger charge is 2.39. The topological polar surface area (TPSA) is 57.5 Å². The van der Waals surface area contributed by atoms with E-state index >= 15 is 0 Å². The summed E-state index contributed by atoms with van der Waals surface area (Å²) in [6, 6.07) is 0. The fourth-order valence-electron chi connectivity index (χ4n) is 3.17. The number of hydrogen-bond acceptors (Lipinski definition) is 3. The summed E-state index contributed by atoms with van der Waals surface area (Å²) < 4.78 is 0. The Hall–Kier alpha value is -0.930. The van der Waals surface area contributed by atoms with Gasteiger partial charge >= 0.3 is 0 Å². The first-order valence-corrected chi connectivity index (χ1v) is 9.32. The van der Waals surface area contributed by atoms with Crippen LogP contribution in [0, 0.1) is 11.8 Å². The number of carbonyl (C=O) groups is 1. The molecule has 0 spiro atoms. The minimum atomic E-state index is -0.601. The molecule has 0 aromatic carbocycles. The fourth-order valence-corrected chi connectivity index (χ4v) is 3.17. The number of carbonyl (C=O) groups excluding carboxylic acids is 1. The fraction of sp³-hybridized carbons (Fsp3) is 0.750. The van der Waals surface area contributed by atoms with Crippen LogP contribution in [-0.2, 0) is 4.79 Å². The second-order valence-electron chi connectivity index (χ2n) is 6.72. The van der Waals surface area contributed by atoms with Gasteiger partial charge in [0.1, 0.15) is 5.78 Å². The van der Waals surface area contributed by atoms with Gasteiger partial charge < -0.3 is 10.2 Å². The second kappa shape index (κ2) is 11.6. The molecule has 4 atom stereocenters. The van der Waals surface area contributed by atoms with E-state index in [-0.39, 0.29) is 24.0 Å². The smallest absolute Gasteiger partial charge is 0.139 e. The summed E-state index contributed by atoms with van der Waals surface area (Å²) in [5.74, 6) is -0.145. The molecule has 0 aromatic heterocycles. The van der Waals surface area contributed by atoms with Crippen molar-refractivity contribution in [2.45, 2.75) is 83.8 Å². The van der Waals surface area contributed by atoms with Gasteiger partial charge in [-0.15, -0.1) is 0 Å². The highest BCUT2D eigenvalue weighted by Crippen LogP contribution is 2.33. The first-order valence-electron chi connectivity index (χ1n) is 9.32. The van der Waals surface area contributed by atoms with Crippen molar-refractivity contribution in [2.75, 3.05) is 0 Å². The van der Waals surface area contributed by atoms with Gasteiger partial charge in [0.25, 0.3) is 0 Å². The Kier molecular flexibility index (Phi) is 10.1. The number of unbranched alkanes of at least 4 members (excludes halogenated alkanes) is 4. The maximum Gasteiger partial charge on any atom is 0.139 e. The van der Waals surface area contributed by atoms with Crippen LogP contribution in [0.3, 0.4) is 0 Å². The number of aliphatic hydroxyl groups is 2. The maximum atomic E-state index is 12.1. The Bertz CT molecular complexity index is 386. The van der Waals surface area contributed by atoms with E-state index in [0.717, 1.165) is 32.1 Å². The molecule has 0 bridgehead atoms. The third-order valence-electron chi connectivity index (χ3n) is 4.67. The molecule has 1 rings (SSSR count). The summed E-state index contributed by atoms with van der Waals surface area (Å²) in [6.45, 7) is 4.30. The number of aliphatic hydroxyl groups excluding tert-OH is 2. The lowest BCUT2D eigenvalue weighted by atomic mass is 9.90. The standard InChI is InChI=1S/C20H34O3/c1-3-5-7-8-10-12-17-18(20(23)15-19(17)22)14-13-16(21)11-9-6-4-2/h8,10,13-14,16-18,20-21,23H,3-7,9,11-12,15H2,1-2H3/b10-8-,14-13+/t16-,17+,18?,20+/m0/s1. The zero-order valence-electron chi connectivity index (χ0n) is 14.8. The Morgan fingerprint density at radius 2 is 1.91 bits per heavy atom. The molecular formula is C20H34O3. The molecule has 2 N–H and O–H groups in total. The zero-order chi connectivity index (χ0) is 17.1. The van der Waals surface area contributed by atoms with E-state index in [4.69, 9.17) is 0 Å². The number of hydrogen-bond donors (Lipinski definition) is 2. The third kappa shape index (κ3) is 7.45. The lowest BCUT2D eigenvalue weighted by Crippen LogP contribution is -2.18. The average molecular weight is 322 g/mol. The minimum absolute atomic E-state index is 0.137. The Morgan fingerprint density at radius 3 is 2.61 bits per heavy atom. The highest BCUT2D eigenvalue weighted by molar-refractivity contribution is 5.84. The lowest BCUT2D eigenvalue weighted by Gasteiger charge is -2.16. The highest BCUT2D eigenvalue weighted by atomic mass is 16.3. The largest absolute Gasteiger partial charge is 0.392 e. The summed E-state index contributed by atoms with van der Waals surface area (Å²) in [4.78, 5) is 12.1. The predicted octanol–water partition coefficient (Wildman–Crippen LogP) is 4.19. The normalized spacial score (nSPS) is 26.6. The maximum absolute atomic E-state index is 12.1. The molecule has 3 nitrogen and oxygen atoms in total. The van der Waals surface area contributed by atoms with E-state index in [0.29, 0.717) is 6.42 Å². The van der Waals surface area contributed by atoms with Gasteiger partial charge in [-0.05, 0) is 19.3 Å². The van der Waals surface area contributed by atoms with Crippen LogP contribution in [0.4, 0.5) is 0 Å². The van der Waals surface area contributed by atoms with Gasteiger partial charge in [-0.1, -0.05) is 70.3 Å². The summed E-state index contributed by atoms with van der Waals surface area (Å²) in [6.07, 6.45) is 15.2. The molecular weight excluding hydrogens is 288 g/mol. The average Bonchev–Trinajstić information content (AvgIpc) is 2.79. The van der Waals surface area contributed by atoms with Crippen LogP contribution in [0.5, 0.6) is 0 Å². The first kappa shape index (κ1) is 20.1. The van der Waals surface area contributed by atoms with Gasteiger partial charge in [0.2, 0.25) is 0 Å². The van der Waals surface area contributed by atoms with E-state index in [2.05, 4.69) is 26.0 Å². The molecule has 1 unspecified atom stereocenters. The molecule has 1 aliphatic rings. The minimum Gasteiger partial charge on any atom is -0.392 e. The molecule has 0 heterocycles. The van der Waals surface area contributed by atoms with Crippen LogP contribution < -0.4 is 0 Å². The summed E-state index contributed by atoms with van der Waals surface area (Å²) in [5.41, 5.74) is 0. The van der Waals surface area contributed by atoms with Gasteiger partial charge in [-0.25, -0.2) is 0 Å². The van der Waals surface area contributed by atoms with Crippen molar-refractivity contribution < 1.29 is 15.0 Å². The second-order valence-corrected chi connectivity index (χ2v) is 6.72. The van der Waals surface area contributed by atoms with E-state index in [9.17, 15) is 15.0 Å². The van der Waals surface area contributed by atoms with Crippen LogP contribution >= 0.6 is 0 Å². The summed E-state index contributed by atoms with van der Waals surface area (Å²) >= 11 is 0. The van der Waals surface area contributed by atoms with Crippen molar-refractivity contribution in [1.82, 2.24) is 0 Å². The monoisotopic (exact) mass is 322 g/mol. The Labute approximate surface area is 141 Å². The molecule has 0 aromatic rings. The first-order chi connectivity index (χ1) is 11.1. The number of allylic oxidation sites excluding steroid dienone is 2. The van der Waals surface area contributed by atoms with Crippen molar-refractivity contribution >= 4 is 5.78 Å². The molecule has 1 aliphatic carbocycles. The van der Waals surface area contributed by atoms with E-state index in [1.165, 1.54) is 12.8 Å².